The lowest BCUT2D eigenvalue weighted by molar-refractivity contribution is -0.128. The Hall–Kier alpha value is -3.22. The first-order valence-corrected chi connectivity index (χ1v) is 10.2. The normalized spacial score (nSPS) is 11.3. The number of halogens is 2. The Kier molecular flexibility index (Phi) is 7.76. The van der Waals surface area contributed by atoms with E-state index in [0.717, 1.165) is 5.56 Å². The third-order valence-corrected chi connectivity index (χ3v) is 4.76. The van der Waals surface area contributed by atoms with E-state index in [1.54, 1.807) is 36.4 Å². The van der Waals surface area contributed by atoms with Crippen molar-refractivity contribution in [1.29, 1.82) is 0 Å². The summed E-state index contributed by atoms with van der Waals surface area (Å²) >= 11 is 11.9. The second-order valence-corrected chi connectivity index (χ2v) is 7.42. The second kappa shape index (κ2) is 10.7. The van der Waals surface area contributed by atoms with Gasteiger partial charge in [0.1, 0.15) is 18.1 Å². The van der Waals surface area contributed by atoms with Gasteiger partial charge in [-0.05, 0) is 55.0 Å². The fourth-order valence-electron chi connectivity index (χ4n) is 2.55. The van der Waals surface area contributed by atoms with Gasteiger partial charge < -0.3 is 9.47 Å². The molecule has 1 unspecified atom stereocenters. The van der Waals surface area contributed by atoms with E-state index >= 15 is 0 Å². The topological polar surface area (TPSA) is 76.7 Å². The minimum atomic E-state index is -0.896. The van der Waals surface area contributed by atoms with Crippen LogP contribution in [0.1, 0.15) is 22.8 Å². The van der Waals surface area contributed by atoms with Crippen molar-refractivity contribution < 1.29 is 19.1 Å². The number of rotatable bonds is 7. The number of amides is 2. The van der Waals surface area contributed by atoms with Crippen LogP contribution in [0.2, 0.25) is 10.0 Å². The minimum absolute atomic E-state index is 0.283. The molecule has 8 heteroatoms. The number of ether oxygens (including phenoxy) is 2. The van der Waals surface area contributed by atoms with Crippen LogP contribution in [-0.4, -0.2) is 17.9 Å². The Morgan fingerprint density at radius 1 is 0.935 bits per heavy atom. The first-order chi connectivity index (χ1) is 14.9. The van der Waals surface area contributed by atoms with E-state index in [9.17, 15) is 9.59 Å². The minimum Gasteiger partial charge on any atom is -0.489 e. The zero-order chi connectivity index (χ0) is 22.2. The summed E-state index contributed by atoms with van der Waals surface area (Å²) < 4.78 is 11.2. The van der Waals surface area contributed by atoms with Crippen LogP contribution < -0.4 is 20.3 Å². The molecular formula is C23H20Cl2N2O4. The van der Waals surface area contributed by atoms with Crippen molar-refractivity contribution in [3.63, 3.8) is 0 Å². The molecule has 0 aliphatic heterocycles. The molecular weight excluding hydrogens is 439 g/mol. The second-order valence-electron chi connectivity index (χ2n) is 6.58. The Balaban J connectivity index is 1.47. The lowest BCUT2D eigenvalue weighted by Gasteiger charge is -2.16. The number of carbonyl (C=O) groups is 2. The number of hydrogen-bond donors (Lipinski definition) is 2. The predicted molar refractivity (Wildman–Crippen MR) is 119 cm³/mol. The first-order valence-electron chi connectivity index (χ1n) is 9.41. The Bertz CT molecular complexity index is 1040. The van der Waals surface area contributed by atoms with E-state index in [0.29, 0.717) is 28.7 Å². The molecule has 160 valence electrons. The molecule has 0 aliphatic carbocycles. The van der Waals surface area contributed by atoms with E-state index < -0.39 is 17.9 Å². The molecule has 0 fully saturated rings. The highest BCUT2D eigenvalue weighted by atomic mass is 35.5. The van der Waals surface area contributed by atoms with Crippen molar-refractivity contribution in [3.05, 3.63) is 94.0 Å². The number of hydrazine groups is 1. The van der Waals surface area contributed by atoms with Crippen molar-refractivity contribution in [2.45, 2.75) is 19.6 Å². The van der Waals surface area contributed by atoms with Crippen LogP contribution in [0.15, 0.2) is 72.8 Å². The van der Waals surface area contributed by atoms with Crippen molar-refractivity contribution >= 4 is 35.0 Å². The molecule has 6 nitrogen and oxygen atoms in total. The van der Waals surface area contributed by atoms with Crippen LogP contribution in [0.4, 0.5) is 0 Å². The standard InChI is InChI=1S/C23H20Cl2N2O4/c1-15(31-21-12-9-18(24)13-20(21)25)22(28)26-27-23(29)17-7-10-19(11-8-17)30-14-16-5-3-2-4-6-16/h2-13,15H,14H2,1H3,(H,26,28)(H,27,29). The van der Waals surface area contributed by atoms with Gasteiger partial charge in [0.2, 0.25) is 0 Å². The van der Waals surface area contributed by atoms with Crippen LogP contribution in [0.3, 0.4) is 0 Å². The van der Waals surface area contributed by atoms with Gasteiger partial charge in [-0.3, -0.25) is 20.4 Å². The average Bonchev–Trinajstić information content (AvgIpc) is 2.78. The molecule has 0 aliphatic rings. The first kappa shape index (κ1) is 22.5. The maximum atomic E-state index is 12.3. The average molecular weight is 459 g/mol. The van der Waals surface area contributed by atoms with E-state index in [1.165, 1.54) is 13.0 Å². The van der Waals surface area contributed by atoms with Crippen LogP contribution in [0.5, 0.6) is 11.5 Å². The van der Waals surface area contributed by atoms with Gasteiger partial charge in [-0.2, -0.15) is 0 Å². The number of carbonyl (C=O) groups excluding carboxylic acids is 2. The zero-order valence-electron chi connectivity index (χ0n) is 16.6. The highest BCUT2D eigenvalue weighted by Gasteiger charge is 2.17. The van der Waals surface area contributed by atoms with Gasteiger partial charge in [-0.25, -0.2) is 0 Å². The van der Waals surface area contributed by atoms with Gasteiger partial charge in [0, 0.05) is 10.6 Å². The molecule has 0 saturated heterocycles. The van der Waals surface area contributed by atoms with Crippen LogP contribution in [0.25, 0.3) is 0 Å². The summed E-state index contributed by atoms with van der Waals surface area (Å²) in [4.78, 5) is 24.5. The summed E-state index contributed by atoms with van der Waals surface area (Å²) in [5, 5.41) is 0.740. The zero-order valence-corrected chi connectivity index (χ0v) is 18.1. The highest BCUT2D eigenvalue weighted by molar-refractivity contribution is 6.35. The van der Waals surface area contributed by atoms with Gasteiger partial charge in [-0.1, -0.05) is 53.5 Å². The monoisotopic (exact) mass is 458 g/mol. The van der Waals surface area contributed by atoms with Crippen molar-refractivity contribution in [2.75, 3.05) is 0 Å². The van der Waals surface area contributed by atoms with E-state index in [4.69, 9.17) is 32.7 Å². The third kappa shape index (κ3) is 6.64. The van der Waals surface area contributed by atoms with Crippen LogP contribution in [0, 0.1) is 0 Å². The molecule has 0 radical (unpaired) electrons. The summed E-state index contributed by atoms with van der Waals surface area (Å²) in [6.07, 6.45) is -0.896. The maximum absolute atomic E-state index is 12.3. The number of nitrogens with one attached hydrogen (secondary N) is 2. The molecule has 1 atom stereocenters. The Labute approximate surface area is 190 Å². The van der Waals surface area contributed by atoms with E-state index in [1.807, 2.05) is 30.3 Å². The van der Waals surface area contributed by atoms with Gasteiger partial charge in [0.05, 0.1) is 5.02 Å². The summed E-state index contributed by atoms with van der Waals surface area (Å²) in [5.74, 6) is -0.0701. The lowest BCUT2D eigenvalue weighted by atomic mass is 10.2. The lowest BCUT2D eigenvalue weighted by Crippen LogP contribution is -2.47. The summed E-state index contributed by atoms with van der Waals surface area (Å²) in [6.45, 7) is 1.96. The molecule has 0 bridgehead atoms. The molecule has 2 N–H and O–H groups in total. The third-order valence-electron chi connectivity index (χ3n) is 4.23. The van der Waals surface area contributed by atoms with Crippen molar-refractivity contribution in [1.82, 2.24) is 10.9 Å². The molecule has 3 aromatic rings. The van der Waals surface area contributed by atoms with Crippen molar-refractivity contribution in [2.24, 2.45) is 0 Å². The quantitative estimate of drug-likeness (QED) is 0.498. The van der Waals surface area contributed by atoms with Gasteiger partial charge in [0.15, 0.2) is 6.10 Å². The number of benzene rings is 3. The molecule has 3 aromatic carbocycles. The van der Waals surface area contributed by atoms with Gasteiger partial charge in [-0.15, -0.1) is 0 Å². The largest absolute Gasteiger partial charge is 0.489 e. The fraction of sp³-hybridized carbons (Fsp3) is 0.130. The van der Waals surface area contributed by atoms with Gasteiger partial charge in [0.25, 0.3) is 11.8 Å². The molecule has 0 spiro atoms. The molecule has 3 rings (SSSR count). The van der Waals surface area contributed by atoms with Crippen molar-refractivity contribution in [3.8, 4) is 11.5 Å². The summed E-state index contributed by atoms with van der Waals surface area (Å²) in [5.41, 5.74) is 6.09. The van der Waals surface area contributed by atoms with E-state index in [-0.39, 0.29) is 5.02 Å². The van der Waals surface area contributed by atoms with Crippen LogP contribution >= 0.6 is 23.2 Å². The highest BCUT2D eigenvalue weighted by Crippen LogP contribution is 2.28. The van der Waals surface area contributed by atoms with Crippen LogP contribution in [-0.2, 0) is 11.4 Å². The number of hydrogen-bond acceptors (Lipinski definition) is 4. The molecule has 0 aromatic heterocycles. The molecule has 0 heterocycles. The van der Waals surface area contributed by atoms with E-state index in [2.05, 4.69) is 10.9 Å². The predicted octanol–water partition coefficient (Wildman–Crippen LogP) is 4.80. The summed E-state index contributed by atoms with van der Waals surface area (Å²) in [6, 6.07) is 21.0. The molecule has 31 heavy (non-hydrogen) atoms. The summed E-state index contributed by atoms with van der Waals surface area (Å²) in [7, 11) is 0. The Morgan fingerprint density at radius 2 is 1.65 bits per heavy atom. The smallest absolute Gasteiger partial charge is 0.279 e. The Morgan fingerprint density at radius 3 is 2.32 bits per heavy atom. The maximum Gasteiger partial charge on any atom is 0.279 e. The van der Waals surface area contributed by atoms with Gasteiger partial charge >= 0.3 is 0 Å². The molecule has 2 amide bonds. The SMILES string of the molecule is CC(Oc1ccc(Cl)cc1Cl)C(=O)NNC(=O)c1ccc(OCc2ccccc2)cc1. The fourth-order valence-corrected chi connectivity index (χ4v) is 3.00. The molecule has 0 saturated carbocycles.